The van der Waals surface area contributed by atoms with Gasteiger partial charge in [-0.25, -0.2) is 4.98 Å². The van der Waals surface area contributed by atoms with Gasteiger partial charge in [-0.3, -0.25) is 0 Å². The number of imidazole rings is 1. The van der Waals surface area contributed by atoms with Gasteiger partial charge in [0.1, 0.15) is 5.82 Å². The third kappa shape index (κ3) is 2.40. The van der Waals surface area contributed by atoms with Crippen LogP contribution < -0.4 is 0 Å². The summed E-state index contributed by atoms with van der Waals surface area (Å²) in [5.41, 5.74) is -0.559. The van der Waals surface area contributed by atoms with Crippen LogP contribution >= 0.6 is 0 Å². The molecule has 0 aromatic carbocycles. The summed E-state index contributed by atoms with van der Waals surface area (Å²) >= 11 is 0. The van der Waals surface area contributed by atoms with E-state index in [1.165, 1.54) is 12.8 Å². The number of nitrogens with zero attached hydrogens (tertiary/aromatic N) is 2. The van der Waals surface area contributed by atoms with Crippen LogP contribution in [0.2, 0.25) is 0 Å². The van der Waals surface area contributed by atoms with Crippen LogP contribution in [0, 0.1) is 5.92 Å². The van der Waals surface area contributed by atoms with Crippen LogP contribution in [0.25, 0.3) is 0 Å². The first-order valence-electron chi connectivity index (χ1n) is 5.86. The van der Waals surface area contributed by atoms with Crippen LogP contribution in [0.15, 0.2) is 12.4 Å². The van der Waals surface area contributed by atoms with Crippen molar-refractivity contribution in [2.75, 3.05) is 0 Å². The second kappa shape index (κ2) is 3.97. The number of aryl methyl sites for hydroxylation is 1. The molecule has 0 radical (unpaired) electrons. The van der Waals surface area contributed by atoms with Gasteiger partial charge in [-0.2, -0.15) is 0 Å². The Morgan fingerprint density at radius 3 is 2.93 bits per heavy atom. The van der Waals surface area contributed by atoms with Gasteiger partial charge in [-0.15, -0.1) is 0 Å². The largest absolute Gasteiger partial charge is 0.389 e. The van der Waals surface area contributed by atoms with Gasteiger partial charge in [-0.1, -0.05) is 6.92 Å². The first-order chi connectivity index (χ1) is 7.13. The predicted molar refractivity (Wildman–Crippen MR) is 59.6 cm³/mol. The second-order valence-corrected chi connectivity index (χ2v) is 4.85. The van der Waals surface area contributed by atoms with E-state index < -0.39 is 5.60 Å². The van der Waals surface area contributed by atoms with Gasteiger partial charge >= 0.3 is 0 Å². The lowest BCUT2D eigenvalue weighted by Crippen LogP contribution is -2.31. The molecular weight excluding hydrogens is 188 g/mol. The Bertz CT molecular complexity index is 326. The standard InChI is InChI=1S/C12H20N2O/c1-3-7-14-8-6-13-11(14)9-12(2,15)10-4-5-10/h6,8,10,15H,3-5,7,9H2,1-2H3. The van der Waals surface area contributed by atoms with Gasteiger partial charge in [0.25, 0.3) is 0 Å². The molecule has 0 saturated heterocycles. The van der Waals surface area contributed by atoms with Crippen LogP contribution in [0.4, 0.5) is 0 Å². The molecule has 3 nitrogen and oxygen atoms in total. The van der Waals surface area contributed by atoms with Crippen molar-refractivity contribution < 1.29 is 5.11 Å². The first-order valence-corrected chi connectivity index (χ1v) is 5.86. The van der Waals surface area contributed by atoms with Crippen molar-refractivity contribution in [2.24, 2.45) is 5.92 Å². The van der Waals surface area contributed by atoms with Gasteiger partial charge in [0.05, 0.1) is 5.60 Å². The normalized spacial score (nSPS) is 20.2. The highest BCUT2D eigenvalue weighted by Gasteiger charge is 2.40. The van der Waals surface area contributed by atoms with Crippen molar-refractivity contribution in [2.45, 2.75) is 51.7 Å². The molecule has 1 saturated carbocycles. The van der Waals surface area contributed by atoms with E-state index >= 15 is 0 Å². The number of hydrogen-bond acceptors (Lipinski definition) is 2. The summed E-state index contributed by atoms with van der Waals surface area (Å²) in [5.74, 6) is 1.51. The Kier molecular flexibility index (Phi) is 2.83. The lowest BCUT2D eigenvalue weighted by atomic mass is 9.96. The molecule has 1 aliphatic rings. The number of hydrogen-bond donors (Lipinski definition) is 1. The number of aromatic nitrogens is 2. The summed E-state index contributed by atoms with van der Waals surface area (Å²) in [5, 5.41) is 10.3. The zero-order chi connectivity index (χ0) is 10.9. The molecule has 1 fully saturated rings. The number of rotatable bonds is 5. The maximum atomic E-state index is 10.3. The molecule has 0 spiro atoms. The lowest BCUT2D eigenvalue weighted by Gasteiger charge is -2.22. The number of aliphatic hydroxyl groups is 1. The topological polar surface area (TPSA) is 38.0 Å². The highest BCUT2D eigenvalue weighted by Crippen LogP contribution is 2.40. The van der Waals surface area contributed by atoms with Crippen LogP contribution in [0.3, 0.4) is 0 Å². The monoisotopic (exact) mass is 208 g/mol. The zero-order valence-corrected chi connectivity index (χ0v) is 9.61. The molecule has 0 aliphatic heterocycles. The third-order valence-corrected chi connectivity index (χ3v) is 3.24. The van der Waals surface area contributed by atoms with Crippen molar-refractivity contribution >= 4 is 0 Å². The van der Waals surface area contributed by atoms with E-state index in [0.29, 0.717) is 12.3 Å². The minimum atomic E-state index is -0.559. The van der Waals surface area contributed by atoms with Crippen LogP contribution in [0.1, 0.15) is 38.9 Å². The molecule has 15 heavy (non-hydrogen) atoms. The quantitative estimate of drug-likeness (QED) is 0.803. The molecule has 3 heteroatoms. The fourth-order valence-corrected chi connectivity index (χ4v) is 2.12. The molecule has 1 heterocycles. The molecule has 1 aromatic heterocycles. The maximum Gasteiger partial charge on any atom is 0.111 e. The van der Waals surface area contributed by atoms with Crippen LogP contribution in [0.5, 0.6) is 0 Å². The summed E-state index contributed by atoms with van der Waals surface area (Å²) in [6.07, 6.45) is 7.96. The molecule has 1 atom stereocenters. The fourth-order valence-electron chi connectivity index (χ4n) is 2.12. The van der Waals surface area contributed by atoms with Crippen molar-refractivity contribution in [1.29, 1.82) is 0 Å². The highest BCUT2D eigenvalue weighted by molar-refractivity contribution is 5.02. The van der Waals surface area contributed by atoms with Crippen molar-refractivity contribution in [3.8, 4) is 0 Å². The third-order valence-electron chi connectivity index (χ3n) is 3.24. The summed E-state index contributed by atoms with van der Waals surface area (Å²) < 4.78 is 2.15. The van der Waals surface area contributed by atoms with E-state index in [1.807, 2.05) is 19.3 Å². The Labute approximate surface area is 91.1 Å². The van der Waals surface area contributed by atoms with Crippen LogP contribution in [-0.4, -0.2) is 20.3 Å². The molecule has 2 rings (SSSR count). The maximum absolute atomic E-state index is 10.3. The summed E-state index contributed by atoms with van der Waals surface area (Å²) in [6.45, 7) is 5.09. The molecule has 84 valence electrons. The van der Waals surface area contributed by atoms with Crippen LogP contribution in [-0.2, 0) is 13.0 Å². The van der Waals surface area contributed by atoms with E-state index in [0.717, 1.165) is 18.8 Å². The Morgan fingerprint density at radius 2 is 2.33 bits per heavy atom. The molecule has 1 N–H and O–H groups in total. The van der Waals surface area contributed by atoms with Gasteiger partial charge in [0.15, 0.2) is 0 Å². The van der Waals surface area contributed by atoms with E-state index in [9.17, 15) is 5.11 Å². The fraction of sp³-hybridized carbons (Fsp3) is 0.750. The average Bonchev–Trinajstić information content (AvgIpc) is 2.93. The van der Waals surface area contributed by atoms with E-state index in [2.05, 4.69) is 16.5 Å². The average molecular weight is 208 g/mol. The Balaban J connectivity index is 2.05. The summed E-state index contributed by atoms with van der Waals surface area (Å²) in [6, 6.07) is 0. The highest BCUT2D eigenvalue weighted by atomic mass is 16.3. The lowest BCUT2D eigenvalue weighted by molar-refractivity contribution is 0.0344. The van der Waals surface area contributed by atoms with Gasteiger partial charge in [0, 0.05) is 25.4 Å². The summed E-state index contributed by atoms with van der Waals surface area (Å²) in [7, 11) is 0. The van der Waals surface area contributed by atoms with E-state index in [4.69, 9.17) is 0 Å². The zero-order valence-electron chi connectivity index (χ0n) is 9.61. The minimum Gasteiger partial charge on any atom is -0.389 e. The van der Waals surface area contributed by atoms with Gasteiger partial charge in [0.2, 0.25) is 0 Å². The van der Waals surface area contributed by atoms with Crippen molar-refractivity contribution in [3.63, 3.8) is 0 Å². The molecule has 0 amide bonds. The second-order valence-electron chi connectivity index (χ2n) is 4.85. The summed E-state index contributed by atoms with van der Waals surface area (Å²) in [4.78, 5) is 4.33. The van der Waals surface area contributed by atoms with E-state index in [-0.39, 0.29) is 0 Å². The predicted octanol–water partition coefficient (Wildman–Crippen LogP) is 2.00. The molecule has 1 unspecified atom stereocenters. The Morgan fingerprint density at radius 1 is 1.60 bits per heavy atom. The smallest absolute Gasteiger partial charge is 0.111 e. The van der Waals surface area contributed by atoms with Crippen molar-refractivity contribution in [3.05, 3.63) is 18.2 Å². The van der Waals surface area contributed by atoms with Gasteiger partial charge < -0.3 is 9.67 Å². The molecule has 0 bridgehead atoms. The van der Waals surface area contributed by atoms with Gasteiger partial charge in [-0.05, 0) is 32.1 Å². The Hall–Kier alpha value is -0.830. The SMILES string of the molecule is CCCn1ccnc1CC(C)(O)C1CC1. The van der Waals surface area contributed by atoms with E-state index in [1.54, 1.807) is 0 Å². The minimum absolute atomic E-state index is 0.490. The molecule has 1 aliphatic carbocycles. The molecular formula is C12H20N2O. The first kappa shape index (κ1) is 10.7. The van der Waals surface area contributed by atoms with Crippen molar-refractivity contribution in [1.82, 2.24) is 9.55 Å². The molecule has 1 aromatic rings.